The fraction of sp³-hybridized carbons (Fsp3) is 0.261. The zero-order chi connectivity index (χ0) is 24.3. The van der Waals surface area contributed by atoms with E-state index in [4.69, 9.17) is 9.15 Å². The summed E-state index contributed by atoms with van der Waals surface area (Å²) >= 11 is 0. The van der Waals surface area contributed by atoms with Crippen LogP contribution in [-0.4, -0.2) is 36.7 Å². The number of nitro groups is 1. The first-order valence-corrected chi connectivity index (χ1v) is 12.0. The van der Waals surface area contributed by atoms with Crippen LogP contribution in [-0.2, 0) is 23.1 Å². The Labute approximate surface area is 196 Å². The van der Waals surface area contributed by atoms with E-state index in [9.17, 15) is 23.3 Å². The number of nitro benzene ring substituents is 1. The van der Waals surface area contributed by atoms with E-state index in [1.54, 1.807) is 36.4 Å². The van der Waals surface area contributed by atoms with Crippen LogP contribution in [0.5, 0.6) is 5.75 Å². The van der Waals surface area contributed by atoms with Gasteiger partial charge in [0.25, 0.3) is 5.91 Å². The van der Waals surface area contributed by atoms with Crippen molar-refractivity contribution >= 4 is 21.6 Å². The fourth-order valence-electron chi connectivity index (χ4n) is 3.39. The van der Waals surface area contributed by atoms with Gasteiger partial charge in [0.05, 0.1) is 29.7 Å². The van der Waals surface area contributed by atoms with E-state index in [1.807, 2.05) is 0 Å². The Hall–Kier alpha value is -3.70. The number of methoxy groups -OCH3 is 1. The third-order valence-electron chi connectivity index (χ3n) is 5.38. The van der Waals surface area contributed by atoms with Crippen molar-refractivity contribution in [3.63, 3.8) is 0 Å². The summed E-state index contributed by atoms with van der Waals surface area (Å²) in [5.74, 6) is 0.202. The lowest BCUT2D eigenvalue weighted by molar-refractivity contribution is -0.386. The number of carbonyl (C=O) groups excluding carboxylic acids is 1. The topological polar surface area (TPSA) is 132 Å². The molecule has 0 atom stereocenters. The Morgan fingerprint density at radius 1 is 1.18 bits per heavy atom. The molecule has 1 aliphatic rings. The van der Waals surface area contributed by atoms with Crippen molar-refractivity contribution in [1.29, 1.82) is 0 Å². The third-order valence-corrected chi connectivity index (χ3v) is 7.17. The van der Waals surface area contributed by atoms with Crippen molar-refractivity contribution in [1.82, 2.24) is 9.62 Å². The molecule has 0 radical (unpaired) electrons. The Kier molecular flexibility index (Phi) is 6.66. The number of rotatable bonds is 10. The lowest BCUT2D eigenvalue weighted by Gasteiger charge is -2.22. The second-order valence-corrected chi connectivity index (χ2v) is 9.83. The van der Waals surface area contributed by atoms with Crippen LogP contribution in [0.25, 0.3) is 0 Å². The van der Waals surface area contributed by atoms with Crippen molar-refractivity contribution in [3.05, 3.63) is 87.9 Å². The Bertz CT molecular complexity index is 1280. The highest BCUT2D eigenvalue weighted by Crippen LogP contribution is 2.31. The van der Waals surface area contributed by atoms with Gasteiger partial charge in [-0.1, -0.05) is 12.1 Å². The monoisotopic (exact) mass is 485 g/mol. The molecule has 0 saturated heterocycles. The van der Waals surface area contributed by atoms with Gasteiger partial charge in [-0.2, -0.15) is 4.31 Å². The van der Waals surface area contributed by atoms with Gasteiger partial charge in [0, 0.05) is 24.2 Å². The maximum atomic E-state index is 13.5. The maximum absolute atomic E-state index is 13.5. The van der Waals surface area contributed by atoms with Gasteiger partial charge >= 0.3 is 5.69 Å². The van der Waals surface area contributed by atoms with E-state index in [1.165, 1.54) is 25.5 Å². The molecule has 4 rings (SSSR count). The van der Waals surface area contributed by atoms with Crippen LogP contribution in [0.2, 0.25) is 0 Å². The van der Waals surface area contributed by atoms with Gasteiger partial charge in [-0.3, -0.25) is 14.9 Å². The summed E-state index contributed by atoms with van der Waals surface area (Å²) < 4.78 is 38.5. The van der Waals surface area contributed by atoms with Gasteiger partial charge in [-0.05, 0) is 54.8 Å². The zero-order valence-corrected chi connectivity index (χ0v) is 19.2. The van der Waals surface area contributed by atoms with Crippen LogP contribution in [0.1, 0.15) is 34.5 Å². The summed E-state index contributed by atoms with van der Waals surface area (Å²) in [5, 5.41) is 14.3. The minimum Gasteiger partial charge on any atom is -0.490 e. The number of hydrogen-bond acceptors (Lipinski definition) is 7. The number of nitrogens with zero attached hydrogens (tertiary/aromatic N) is 2. The average Bonchev–Trinajstić information content (AvgIpc) is 3.49. The number of furan rings is 1. The van der Waals surface area contributed by atoms with E-state index in [0.717, 1.165) is 23.2 Å². The largest absolute Gasteiger partial charge is 0.490 e. The maximum Gasteiger partial charge on any atom is 0.312 e. The van der Waals surface area contributed by atoms with Crippen molar-refractivity contribution in [2.24, 2.45) is 0 Å². The lowest BCUT2D eigenvalue weighted by atomic mass is 10.1. The van der Waals surface area contributed by atoms with Gasteiger partial charge in [0.15, 0.2) is 5.75 Å². The summed E-state index contributed by atoms with van der Waals surface area (Å²) in [7, 11) is -2.88. The summed E-state index contributed by atoms with van der Waals surface area (Å²) in [4.78, 5) is 22.7. The van der Waals surface area contributed by atoms with Crippen LogP contribution in [0.4, 0.5) is 5.69 Å². The number of ether oxygens (including phenoxy) is 1. The summed E-state index contributed by atoms with van der Waals surface area (Å²) in [6.45, 7) is -0.119. The van der Waals surface area contributed by atoms with Crippen molar-refractivity contribution < 1.29 is 27.3 Å². The van der Waals surface area contributed by atoms with Crippen molar-refractivity contribution in [2.45, 2.75) is 36.9 Å². The SMILES string of the molecule is COc1ccc(S(=O)(=O)N(Cc2ccc(C(=O)NC3CC3)cc2)Cc2ccco2)cc1[N+](=O)[O-]. The number of benzene rings is 2. The highest BCUT2D eigenvalue weighted by molar-refractivity contribution is 7.89. The highest BCUT2D eigenvalue weighted by Gasteiger charge is 2.29. The van der Waals surface area contributed by atoms with Crippen LogP contribution in [0.15, 0.2) is 70.2 Å². The van der Waals surface area contributed by atoms with E-state index in [2.05, 4.69) is 5.32 Å². The number of amides is 1. The van der Waals surface area contributed by atoms with Crippen molar-refractivity contribution in [3.8, 4) is 5.75 Å². The molecule has 0 aliphatic heterocycles. The molecule has 1 saturated carbocycles. The van der Waals surface area contributed by atoms with Gasteiger partial charge < -0.3 is 14.5 Å². The fourth-order valence-corrected chi connectivity index (χ4v) is 4.80. The van der Waals surface area contributed by atoms with E-state index in [0.29, 0.717) is 16.9 Å². The predicted molar refractivity (Wildman–Crippen MR) is 122 cm³/mol. The number of hydrogen-bond donors (Lipinski definition) is 1. The molecular formula is C23H23N3O7S. The molecule has 0 spiro atoms. The quantitative estimate of drug-likeness (QED) is 0.343. The van der Waals surface area contributed by atoms with Gasteiger partial charge in [0.2, 0.25) is 10.0 Å². The van der Waals surface area contributed by atoms with Gasteiger partial charge in [0.1, 0.15) is 5.76 Å². The Morgan fingerprint density at radius 3 is 2.50 bits per heavy atom. The molecule has 1 aliphatic carbocycles. The molecule has 178 valence electrons. The van der Waals surface area contributed by atoms with E-state index < -0.39 is 20.6 Å². The molecular weight excluding hydrogens is 462 g/mol. The standard InChI is InChI=1S/C23H23N3O7S/c1-32-22-11-10-20(13-21(22)26(28)29)34(30,31)25(15-19-3-2-12-33-19)14-16-4-6-17(7-5-16)23(27)24-18-8-9-18/h2-7,10-13,18H,8-9,14-15H2,1H3,(H,24,27). The van der Waals surface area contributed by atoms with Crippen LogP contribution < -0.4 is 10.1 Å². The molecule has 1 amide bonds. The molecule has 0 bridgehead atoms. The van der Waals surface area contributed by atoms with Crippen molar-refractivity contribution in [2.75, 3.05) is 7.11 Å². The second-order valence-electron chi connectivity index (χ2n) is 7.89. The molecule has 10 nitrogen and oxygen atoms in total. The molecule has 1 fully saturated rings. The van der Waals surface area contributed by atoms with E-state index in [-0.39, 0.29) is 35.7 Å². The minimum atomic E-state index is -4.16. The van der Waals surface area contributed by atoms with Crippen LogP contribution >= 0.6 is 0 Å². The second kappa shape index (κ2) is 9.65. The first-order chi connectivity index (χ1) is 16.3. The molecule has 1 heterocycles. The Morgan fingerprint density at radius 2 is 1.91 bits per heavy atom. The molecule has 11 heteroatoms. The number of carbonyl (C=O) groups is 1. The van der Waals surface area contributed by atoms with Gasteiger partial charge in [-0.25, -0.2) is 8.42 Å². The normalized spacial score (nSPS) is 13.6. The summed E-state index contributed by atoms with van der Waals surface area (Å²) in [6.07, 6.45) is 3.39. The molecule has 34 heavy (non-hydrogen) atoms. The first-order valence-electron chi connectivity index (χ1n) is 10.5. The molecule has 0 unspecified atom stereocenters. The molecule has 2 aromatic carbocycles. The number of nitrogens with one attached hydrogen (secondary N) is 1. The average molecular weight is 486 g/mol. The zero-order valence-electron chi connectivity index (χ0n) is 18.3. The van der Waals surface area contributed by atoms with Crippen LogP contribution in [0, 0.1) is 10.1 Å². The Balaban J connectivity index is 1.62. The number of sulfonamides is 1. The van der Waals surface area contributed by atoms with Gasteiger partial charge in [-0.15, -0.1) is 0 Å². The summed E-state index contributed by atoms with van der Waals surface area (Å²) in [6, 6.07) is 13.7. The lowest BCUT2D eigenvalue weighted by Crippen LogP contribution is -2.30. The highest BCUT2D eigenvalue weighted by atomic mass is 32.2. The van der Waals surface area contributed by atoms with E-state index >= 15 is 0 Å². The minimum absolute atomic E-state index is 0.0343. The summed E-state index contributed by atoms with van der Waals surface area (Å²) in [5.41, 5.74) is 0.676. The molecule has 1 N–H and O–H groups in total. The molecule has 3 aromatic rings. The first kappa shape index (κ1) is 23.5. The van der Waals surface area contributed by atoms with Crippen LogP contribution in [0.3, 0.4) is 0 Å². The predicted octanol–water partition coefficient (Wildman–Crippen LogP) is 3.48. The third kappa shape index (κ3) is 5.26. The molecule has 1 aromatic heterocycles. The smallest absolute Gasteiger partial charge is 0.312 e.